The van der Waals surface area contributed by atoms with Crippen molar-refractivity contribution in [1.29, 1.82) is 0 Å². The zero-order valence-corrected chi connectivity index (χ0v) is 14.9. The van der Waals surface area contributed by atoms with Gasteiger partial charge in [0.15, 0.2) is 5.13 Å². The Kier molecular flexibility index (Phi) is 4.85. The van der Waals surface area contributed by atoms with Gasteiger partial charge >= 0.3 is 6.09 Å². The topological polar surface area (TPSA) is 57.7 Å². The lowest BCUT2D eigenvalue weighted by Gasteiger charge is -2.33. The number of thiazole rings is 1. The van der Waals surface area contributed by atoms with Gasteiger partial charge in [-0.1, -0.05) is 30.3 Å². The Bertz CT molecular complexity index is 702. The van der Waals surface area contributed by atoms with Crippen LogP contribution in [0, 0.1) is 0 Å². The van der Waals surface area contributed by atoms with E-state index in [-0.39, 0.29) is 6.09 Å². The molecule has 1 amide bonds. The Morgan fingerprint density at radius 2 is 2.00 bits per heavy atom. The molecule has 1 saturated heterocycles. The summed E-state index contributed by atoms with van der Waals surface area (Å²) in [5.41, 5.74) is 2.25. The number of amides is 1. The molecular formula is C18H22N4O2S. The highest BCUT2D eigenvalue weighted by atomic mass is 32.1. The summed E-state index contributed by atoms with van der Waals surface area (Å²) >= 11 is 1.78. The highest BCUT2D eigenvalue weighted by molar-refractivity contribution is 7.15. The minimum absolute atomic E-state index is 0.230. The quantitative estimate of drug-likeness (QED) is 0.912. The second-order valence-electron chi connectivity index (χ2n) is 6.31. The van der Waals surface area contributed by atoms with Crippen LogP contribution in [-0.4, -0.2) is 48.7 Å². The number of anilines is 1. The minimum Gasteiger partial charge on any atom is -0.445 e. The number of carbonyl (C=O) groups excluding carboxylic acids is 1. The number of rotatable bonds is 3. The maximum atomic E-state index is 12.2. The molecule has 0 atom stereocenters. The van der Waals surface area contributed by atoms with Crippen LogP contribution in [0.5, 0.6) is 0 Å². The maximum Gasteiger partial charge on any atom is 0.410 e. The first-order valence-electron chi connectivity index (χ1n) is 8.69. The number of piperazine rings is 1. The van der Waals surface area contributed by atoms with Crippen molar-refractivity contribution in [2.75, 3.05) is 37.6 Å². The summed E-state index contributed by atoms with van der Waals surface area (Å²) < 4.78 is 5.42. The number of ether oxygens (including phenoxy) is 1. The van der Waals surface area contributed by atoms with Gasteiger partial charge in [-0.15, -0.1) is 11.3 Å². The van der Waals surface area contributed by atoms with Gasteiger partial charge in [0, 0.05) is 50.6 Å². The molecule has 4 rings (SSSR count). The number of nitrogens with one attached hydrogen (secondary N) is 1. The third-order valence-electron chi connectivity index (χ3n) is 4.60. The molecule has 1 N–H and O–H groups in total. The predicted molar refractivity (Wildman–Crippen MR) is 97.9 cm³/mol. The smallest absolute Gasteiger partial charge is 0.410 e. The fourth-order valence-electron chi connectivity index (χ4n) is 3.14. The Labute approximate surface area is 151 Å². The zero-order valence-electron chi connectivity index (χ0n) is 14.1. The third kappa shape index (κ3) is 3.77. The Morgan fingerprint density at radius 1 is 1.20 bits per heavy atom. The van der Waals surface area contributed by atoms with Crippen LogP contribution in [0.1, 0.15) is 16.1 Å². The fraction of sp³-hybridized carbons (Fsp3) is 0.444. The van der Waals surface area contributed by atoms with E-state index in [1.807, 2.05) is 30.3 Å². The van der Waals surface area contributed by atoms with E-state index >= 15 is 0 Å². The molecule has 0 unspecified atom stereocenters. The van der Waals surface area contributed by atoms with E-state index in [1.54, 1.807) is 16.2 Å². The summed E-state index contributed by atoms with van der Waals surface area (Å²) in [6.45, 7) is 5.23. The molecule has 1 aromatic carbocycles. The van der Waals surface area contributed by atoms with Gasteiger partial charge in [0.25, 0.3) is 0 Å². The molecule has 2 aliphatic heterocycles. The summed E-state index contributed by atoms with van der Waals surface area (Å²) in [5.74, 6) is 0. The maximum absolute atomic E-state index is 12.2. The molecule has 0 radical (unpaired) electrons. The average Bonchev–Trinajstić information content (AvgIpc) is 3.11. The summed E-state index contributed by atoms with van der Waals surface area (Å²) in [7, 11) is 0. The molecule has 0 aliphatic carbocycles. The van der Waals surface area contributed by atoms with E-state index in [1.165, 1.54) is 10.6 Å². The number of benzene rings is 1. The molecular weight excluding hydrogens is 336 g/mol. The highest BCUT2D eigenvalue weighted by Crippen LogP contribution is 2.29. The van der Waals surface area contributed by atoms with E-state index < -0.39 is 0 Å². The first kappa shape index (κ1) is 16.4. The molecule has 132 valence electrons. The Hall–Kier alpha value is -2.12. The van der Waals surface area contributed by atoms with Gasteiger partial charge < -0.3 is 19.9 Å². The second-order valence-corrected chi connectivity index (χ2v) is 7.37. The molecule has 0 saturated carbocycles. The van der Waals surface area contributed by atoms with Crippen molar-refractivity contribution in [2.24, 2.45) is 0 Å². The molecule has 2 aromatic rings. The first-order valence-corrected chi connectivity index (χ1v) is 9.51. The van der Waals surface area contributed by atoms with Crippen LogP contribution in [0.15, 0.2) is 30.3 Å². The van der Waals surface area contributed by atoms with Gasteiger partial charge in [0.2, 0.25) is 0 Å². The van der Waals surface area contributed by atoms with Gasteiger partial charge in [0.05, 0.1) is 5.69 Å². The second kappa shape index (κ2) is 7.41. The van der Waals surface area contributed by atoms with Crippen molar-refractivity contribution < 1.29 is 9.53 Å². The van der Waals surface area contributed by atoms with Crippen LogP contribution in [0.2, 0.25) is 0 Å². The van der Waals surface area contributed by atoms with Crippen LogP contribution in [-0.2, 0) is 24.3 Å². The van der Waals surface area contributed by atoms with Gasteiger partial charge in [0.1, 0.15) is 6.61 Å². The highest BCUT2D eigenvalue weighted by Gasteiger charge is 2.25. The average molecular weight is 358 g/mol. The van der Waals surface area contributed by atoms with Crippen molar-refractivity contribution in [1.82, 2.24) is 15.2 Å². The molecule has 0 spiro atoms. The molecule has 6 nitrogen and oxygen atoms in total. The van der Waals surface area contributed by atoms with E-state index in [0.29, 0.717) is 19.7 Å². The molecule has 25 heavy (non-hydrogen) atoms. The number of hydrogen-bond donors (Lipinski definition) is 1. The van der Waals surface area contributed by atoms with E-state index in [2.05, 4.69) is 10.2 Å². The van der Waals surface area contributed by atoms with E-state index in [4.69, 9.17) is 9.72 Å². The summed E-state index contributed by atoms with van der Waals surface area (Å²) in [5, 5.41) is 4.48. The van der Waals surface area contributed by atoms with Gasteiger partial charge in [-0.3, -0.25) is 0 Å². The SMILES string of the molecule is O=C(OCc1ccccc1)N1CCN(c2nc3c(s2)CNCC3)CC1. The lowest BCUT2D eigenvalue weighted by Crippen LogP contribution is -2.48. The summed E-state index contributed by atoms with van der Waals surface area (Å²) in [6.07, 6.45) is 0.781. The normalized spacial score (nSPS) is 17.3. The van der Waals surface area contributed by atoms with Crippen LogP contribution in [0.4, 0.5) is 9.93 Å². The van der Waals surface area contributed by atoms with E-state index in [0.717, 1.165) is 43.3 Å². The van der Waals surface area contributed by atoms with Crippen LogP contribution in [0.3, 0.4) is 0 Å². The summed E-state index contributed by atoms with van der Waals surface area (Å²) in [6, 6.07) is 9.78. The molecule has 1 aromatic heterocycles. The Morgan fingerprint density at radius 3 is 2.76 bits per heavy atom. The molecule has 2 aliphatic rings. The molecule has 7 heteroatoms. The van der Waals surface area contributed by atoms with Crippen molar-refractivity contribution >= 4 is 22.6 Å². The molecule has 0 bridgehead atoms. The number of hydrogen-bond acceptors (Lipinski definition) is 6. The molecule has 1 fully saturated rings. The third-order valence-corrected chi connectivity index (χ3v) is 5.76. The van der Waals surface area contributed by atoms with Crippen LogP contribution in [0.25, 0.3) is 0 Å². The molecule has 3 heterocycles. The standard InChI is InChI=1S/C18H22N4O2S/c23-18(24-13-14-4-2-1-3-5-14)22-10-8-21(9-11-22)17-20-15-6-7-19-12-16(15)25-17/h1-5,19H,6-13H2. The van der Waals surface area contributed by atoms with Gasteiger partial charge in [-0.2, -0.15) is 0 Å². The van der Waals surface area contributed by atoms with E-state index in [9.17, 15) is 4.79 Å². The lowest BCUT2D eigenvalue weighted by molar-refractivity contribution is 0.0942. The number of nitrogens with zero attached hydrogens (tertiary/aromatic N) is 3. The number of aromatic nitrogens is 1. The van der Waals surface area contributed by atoms with Crippen molar-refractivity contribution in [3.8, 4) is 0 Å². The number of fused-ring (bicyclic) bond motifs is 1. The van der Waals surface area contributed by atoms with Crippen molar-refractivity contribution in [3.63, 3.8) is 0 Å². The van der Waals surface area contributed by atoms with Gasteiger partial charge in [-0.25, -0.2) is 9.78 Å². The summed E-state index contributed by atoms with van der Waals surface area (Å²) in [4.78, 5) is 22.4. The predicted octanol–water partition coefficient (Wildman–Crippen LogP) is 2.25. The lowest BCUT2D eigenvalue weighted by atomic mass is 10.2. The van der Waals surface area contributed by atoms with Gasteiger partial charge in [-0.05, 0) is 5.56 Å². The van der Waals surface area contributed by atoms with Crippen molar-refractivity contribution in [3.05, 3.63) is 46.5 Å². The van der Waals surface area contributed by atoms with Crippen LogP contribution < -0.4 is 10.2 Å². The fourth-order valence-corrected chi connectivity index (χ4v) is 4.27. The number of carbonyl (C=O) groups is 1. The zero-order chi connectivity index (χ0) is 17.1. The first-order chi connectivity index (χ1) is 12.3. The van der Waals surface area contributed by atoms with Crippen molar-refractivity contribution in [2.45, 2.75) is 19.6 Å². The monoisotopic (exact) mass is 358 g/mol. The Balaban J connectivity index is 1.29. The largest absolute Gasteiger partial charge is 0.445 e. The minimum atomic E-state index is -0.230. The van der Waals surface area contributed by atoms with Crippen LogP contribution >= 0.6 is 11.3 Å².